The van der Waals surface area contributed by atoms with E-state index < -0.39 is 0 Å². The highest BCUT2D eigenvalue weighted by Crippen LogP contribution is 2.17. The summed E-state index contributed by atoms with van der Waals surface area (Å²) in [7, 11) is 0. The summed E-state index contributed by atoms with van der Waals surface area (Å²) in [6, 6.07) is 9.24. The maximum atomic E-state index is 5.99. The van der Waals surface area contributed by atoms with Crippen LogP contribution in [0, 0.1) is 0 Å². The first-order valence-corrected chi connectivity index (χ1v) is 9.20. The number of ether oxygens (including phenoxy) is 1. The number of benzene rings is 1. The normalized spacial score (nSPS) is 21.9. The Balaban J connectivity index is 0.00000156. The minimum atomic E-state index is 0. The van der Waals surface area contributed by atoms with Crippen molar-refractivity contribution in [2.24, 2.45) is 0 Å². The Labute approximate surface area is 165 Å². The Morgan fingerprint density at radius 3 is 2.68 bits per heavy atom. The highest BCUT2D eigenvalue weighted by atomic mass is 35.5. The molecule has 2 saturated heterocycles. The van der Waals surface area contributed by atoms with Crippen LogP contribution in [0.25, 0.3) is 0 Å². The number of nitrogens with zero attached hydrogens (tertiary/aromatic N) is 2. The van der Waals surface area contributed by atoms with Crippen molar-refractivity contribution in [3.8, 4) is 5.75 Å². The quantitative estimate of drug-likeness (QED) is 0.808. The van der Waals surface area contributed by atoms with Gasteiger partial charge in [0.2, 0.25) is 0 Å². The molecule has 1 aromatic carbocycles. The van der Waals surface area contributed by atoms with Crippen LogP contribution in [0.5, 0.6) is 5.75 Å². The average Bonchev–Trinajstić information content (AvgIpc) is 2.58. The fourth-order valence-corrected chi connectivity index (χ4v) is 3.56. The molecule has 4 nitrogen and oxygen atoms in total. The standard InChI is InChI=1S/C19H31N3O.2ClH/c1-17-15-20-8-11-22(17)16-18-6-5-7-19(14-18)23-13-12-21-9-3-2-4-10-21;;/h5-7,14,17,20H,2-4,8-13,15-16H2,1H3;2*1H/t17-;;/m1../s1. The Hall–Kier alpha value is -0.520. The molecule has 1 aromatic rings. The molecule has 0 saturated carbocycles. The van der Waals surface area contributed by atoms with Crippen molar-refractivity contribution < 1.29 is 4.74 Å². The lowest BCUT2D eigenvalue weighted by Gasteiger charge is -2.33. The van der Waals surface area contributed by atoms with E-state index >= 15 is 0 Å². The fourth-order valence-electron chi connectivity index (χ4n) is 3.56. The third kappa shape index (κ3) is 7.32. The molecule has 0 aromatic heterocycles. The third-order valence-corrected chi connectivity index (χ3v) is 5.05. The average molecular weight is 390 g/mol. The van der Waals surface area contributed by atoms with Gasteiger partial charge >= 0.3 is 0 Å². The summed E-state index contributed by atoms with van der Waals surface area (Å²) in [5.74, 6) is 1.02. The molecule has 6 heteroatoms. The first-order chi connectivity index (χ1) is 11.3. The first kappa shape index (κ1) is 22.5. The van der Waals surface area contributed by atoms with Gasteiger partial charge in [0.15, 0.2) is 0 Å². The van der Waals surface area contributed by atoms with Crippen molar-refractivity contribution in [2.75, 3.05) is 45.9 Å². The summed E-state index contributed by atoms with van der Waals surface area (Å²) in [5.41, 5.74) is 1.36. The third-order valence-electron chi connectivity index (χ3n) is 5.05. The highest BCUT2D eigenvalue weighted by Gasteiger charge is 2.17. The van der Waals surface area contributed by atoms with Crippen LogP contribution >= 0.6 is 24.8 Å². The van der Waals surface area contributed by atoms with E-state index in [1.807, 2.05) is 0 Å². The SMILES string of the molecule is C[C@@H]1CNCCN1Cc1cccc(OCCN2CCCCC2)c1.Cl.Cl. The van der Waals surface area contributed by atoms with Crippen molar-refractivity contribution in [3.63, 3.8) is 0 Å². The van der Waals surface area contributed by atoms with E-state index in [1.165, 1.54) is 37.9 Å². The van der Waals surface area contributed by atoms with Crippen LogP contribution < -0.4 is 10.1 Å². The van der Waals surface area contributed by atoms with E-state index in [2.05, 4.69) is 46.3 Å². The minimum Gasteiger partial charge on any atom is -0.492 e. The number of piperazine rings is 1. The second-order valence-electron chi connectivity index (χ2n) is 6.92. The van der Waals surface area contributed by atoms with Gasteiger partial charge in [-0.05, 0) is 50.6 Å². The number of rotatable bonds is 6. The van der Waals surface area contributed by atoms with Crippen LogP contribution in [0.1, 0.15) is 31.7 Å². The van der Waals surface area contributed by atoms with Crippen molar-refractivity contribution in [1.29, 1.82) is 0 Å². The summed E-state index contributed by atoms with van der Waals surface area (Å²) in [5, 5.41) is 3.45. The van der Waals surface area contributed by atoms with Gasteiger partial charge in [0.05, 0.1) is 0 Å². The fraction of sp³-hybridized carbons (Fsp3) is 0.684. The van der Waals surface area contributed by atoms with Gasteiger partial charge < -0.3 is 10.1 Å². The smallest absolute Gasteiger partial charge is 0.119 e. The molecule has 3 rings (SSSR count). The molecule has 1 atom stereocenters. The summed E-state index contributed by atoms with van der Waals surface area (Å²) in [6.45, 7) is 11.0. The van der Waals surface area contributed by atoms with Gasteiger partial charge in [-0.15, -0.1) is 24.8 Å². The van der Waals surface area contributed by atoms with E-state index in [0.717, 1.165) is 45.1 Å². The first-order valence-electron chi connectivity index (χ1n) is 9.20. The molecule has 0 radical (unpaired) electrons. The lowest BCUT2D eigenvalue weighted by atomic mass is 10.1. The largest absolute Gasteiger partial charge is 0.492 e. The van der Waals surface area contributed by atoms with Crippen LogP contribution in [-0.2, 0) is 6.54 Å². The molecular formula is C19H33Cl2N3O. The van der Waals surface area contributed by atoms with Gasteiger partial charge in [-0.2, -0.15) is 0 Å². The van der Waals surface area contributed by atoms with Gasteiger partial charge in [0, 0.05) is 38.8 Å². The van der Waals surface area contributed by atoms with E-state index in [-0.39, 0.29) is 24.8 Å². The summed E-state index contributed by atoms with van der Waals surface area (Å²) in [6.07, 6.45) is 4.08. The van der Waals surface area contributed by atoms with Gasteiger partial charge in [-0.25, -0.2) is 0 Å². The minimum absolute atomic E-state index is 0. The van der Waals surface area contributed by atoms with E-state index in [0.29, 0.717) is 6.04 Å². The molecule has 2 aliphatic heterocycles. The van der Waals surface area contributed by atoms with E-state index in [1.54, 1.807) is 0 Å². The molecule has 2 fully saturated rings. The monoisotopic (exact) mass is 389 g/mol. The van der Waals surface area contributed by atoms with Gasteiger partial charge in [0.1, 0.15) is 12.4 Å². The molecule has 0 unspecified atom stereocenters. The molecule has 0 spiro atoms. The van der Waals surface area contributed by atoms with E-state index in [9.17, 15) is 0 Å². The number of hydrogen-bond donors (Lipinski definition) is 1. The maximum absolute atomic E-state index is 5.99. The van der Waals surface area contributed by atoms with Gasteiger partial charge in [-0.3, -0.25) is 9.80 Å². The second kappa shape index (κ2) is 12.0. The van der Waals surface area contributed by atoms with Crippen LogP contribution in [-0.4, -0.2) is 61.7 Å². The number of hydrogen-bond acceptors (Lipinski definition) is 4. The summed E-state index contributed by atoms with van der Waals surface area (Å²) >= 11 is 0. The molecule has 0 amide bonds. The van der Waals surface area contributed by atoms with Crippen LogP contribution in [0.4, 0.5) is 0 Å². The Morgan fingerprint density at radius 2 is 1.92 bits per heavy atom. The molecule has 2 heterocycles. The van der Waals surface area contributed by atoms with Gasteiger partial charge in [-0.1, -0.05) is 18.6 Å². The second-order valence-corrected chi connectivity index (χ2v) is 6.92. The van der Waals surface area contributed by atoms with Crippen molar-refractivity contribution >= 4 is 24.8 Å². The number of piperidine rings is 1. The molecule has 2 aliphatic rings. The lowest BCUT2D eigenvalue weighted by molar-refractivity contribution is 0.165. The highest BCUT2D eigenvalue weighted by molar-refractivity contribution is 5.85. The van der Waals surface area contributed by atoms with Crippen LogP contribution in [0.15, 0.2) is 24.3 Å². The lowest BCUT2D eigenvalue weighted by Crippen LogP contribution is -2.49. The van der Waals surface area contributed by atoms with Gasteiger partial charge in [0.25, 0.3) is 0 Å². The summed E-state index contributed by atoms with van der Waals surface area (Å²) in [4.78, 5) is 5.07. The predicted molar refractivity (Wildman–Crippen MR) is 109 cm³/mol. The number of nitrogens with one attached hydrogen (secondary N) is 1. The molecule has 1 N–H and O–H groups in total. The van der Waals surface area contributed by atoms with E-state index in [4.69, 9.17) is 4.74 Å². The zero-order valence-corrected chi connectivity index (χ0v) is 16.9. The zero-order valence-electron chi connectivity index (χ0n) is 15.3. The number of likely N-dealkylation sites (tertiary alicyclic amines) is 1. The molecule has 0 aliphatic carbocycles. The summed E-state index contributed by atoms with van der Waals surface area (Å²) < 4.78 is 5.99. The van der Waals surface area contributed by atoms with Crippen molar-refractivity contribution in [3.05, 3.63) is 29.8 Å². The van der Waals surface area contributed by atoms with Crippen LogP contribution in [0.3, 0.4) is 0 Å². The maximum Gasteiger partial charge on any atom is 0.119 e. The number of halogens is 2. The molecular weight excluding hydrogens is 357 g/mol. The Morgan fingerprint density at radius 1 is 1.12 bits per heavy atom. The molecule has 25 heavy (non-hydrogen) atoms. The Kier molecular flexibility index (Phi) is 10.8. The predicted octanol–water partition coefficient (Wildman–Crippen LogP) is 3.19. The van der Waals surface area contributed by atoms with Crippen LogP contribution in [0.2, 0.25) is 0 Å². The van der Waals surface area contributed by atoms with Crippen molar-refractivity contribution in [1.82, 2.24) is 15.1 Å². The topological polar surface area (TPSA) is 27.7 Å². The zero-order chi connectivity index (χ0) is 15.9. The molecule has 0 bridgehead atoms. The molecule has 144 valence electrons. The Bertz CT molecular complexity index is 483. The van der Waals surface area contributed by atoms with Crippen molar-refractivity contribution in [2.45, 2.75) is 38.8 Å².